The zero-order chi connectivity index (χ0) is 74.6. The second-order valence-electron chi connectivity index (χ2n) is 27.3. The predicted octanol–water partition coefficient (Wildman–Crippen LogP) is 23.8. The van der Waals surface area contributed by atoms with E-state index in [1.165, 1.54) is 135 Å². The van der Waals surface area contributed by atoms with Gasteiger partial charge in [-0.2, -0.15) is 0 Å². The number of phosphoric ester groups is 2. The van der Waals surface area contributed by atoms with Crippen molar-refractivity contribution < 1.29 is 80.2 Å². The van der Waals surface area contributed by atoms with E-state index < -0.39 is 97.5 Å². The van der Waals surface area contributed by atoms with Gasteiger partial charge >= 0.3 is 39.5 Å². The smallest absolute Gasteiger partial charge is 0.462 e. The number of carbonyl (C=O) groups is 4. The highest BCUT2D eigenvalue weighted by molar-refractivity contribution is 7.47. The summed E-state index contributed by atoms with van der Waals surface area (Å²) in [5.74, 6) is -2.25. The molecule has 0 aromatic heterocycles. The maximum atomic E-state index is 13.1. The first-order valence-electron chi connectivity index (χ1n) is 40.8. The lowest BCUT2D eigenvalue weighted by Gasteiger charge is -2.21. The largest absolute Gasteiger partial charge is 0.472 e. The maximum absolute atomic E-state index is 13.1. The van der Waals surface area contributed by atoms with Gasteiger partial charge < -0.3 is 33.8 Å². The van der Waals surface area contributed by atoms with Crippen LogP contribution >= 0.6 is 15.6 Å². The second kappa shape index (κ2) is 75.5. The number of rotatable bonds is 77. The van der Waals surface area contributed by atoms with E-state index in [2.05, 4.69) is 101 Å². The molecule has 0 saturated heterocycles. The molecular formula is C83H148O17P2. The highest BCUT2D eigenvalue weighted by atomic mass is 31.2. The normalized spacial score (nSPS) is 14.3. The summed E-state index contributed by atoms with van der Waals surface area (Å²) in [5, 5.41) is 10.6. The minimum atomic E-state index is -4.99. The zero-order valence-electron chi connectivity index (χ0n) is 64.8. The van der Waals surface area contributed by atoms with Gasteiger partial charge in [0, 0.05) is 25.7 Å². The fourth-order valence-electron chi connectivity index (χ4n) is 11.0. The van der Waals surface area contributed by atoms with Gasteiger partial charge in [-0.1, -0.05) is 280 Å². The number of aliphatic hydroxyl groups excluding tert-OH is 1. The van der Waals surface area contributed by atoms with E-state index in [4.69, 9.17) is 37.0 Å². The molecule has 0 aromatic rings. The molecule has 0 aliphatic rings. The number of allylic oxidation sites excluding steroid dienone is 14. The molecule has 0 aromatic carbocycles. The standard InChI is InChI=1S/C83H148O17P2/c1-5-9-13-17-21-25-29-33-37-38-42-44-48-52-56-60-64-68-81(86)94-74-79(100-83(88)70-66-62-58-54-50-46-41-36-32-28-24-20-16-12-8-4)76-98-102(91,92)96-72-77(84)71-95-101(89,90)97-75-78(99-82(87)69-65-61-57-53-49-45-40-35-31-27-23-19-15-11-7-3)73-93-80(85)67-63-59-55-51-47-43-39-34-30-26-22-18-14-10-6-2/h21,25,33-37,39-42,44,52,56,77-79,84H,5-20,22-24,26-32,38,43,45-51,53-55,57-76H2,1-4H3,(H,89,90)(H,91,92)/b25-21-,37-33-,39-34-,40-35-,41-36-,44-42-,56-52-/t77-,78-,79-/m1/s1. The summed E-state index contributed by atoms with van der Waals surface area (Å²) in [6.45, 7) is 4.80. The number of phosphoric acid groups is 2. The number of aliphatic hydroxyl groups is 1. The quantitative estimate of drug-likeness (QED) is 0.0169. The van der Waals surface area contributed by atoms with Gasteiger partial charge in [0.05, 0.1) is 26.4 Å². The molecule has 3 N–H and O–H groups in total. The summed E-state index contributed by atoms with van der Waals surface area (Å²) >= 11 is 0. The third-order valence-electron chi connectivity index (χ3n) is 17.3. The van der Waals surface area contributed by atoms with Crippen LogP contribution in [0.2, 0.25) is 0 Å². The van der Waals surface area contributed by atoms with Crippen LogP contribution in [-0.2, 0) is 65.4 Å². The van der Waals surface area contributed by atoms with Gasteiger partial charge in [-0.25, -0.2) is 9.13 Å². The van der Waals surface area contributed by atoms with Crippen molar-refractivity contribution in [3.05, 3.63) is 85.1 Å². The minimum Gasteiger partial charge on any atom is -0.462 e. The molecule has 102 heavy (non-hydrogen) atoms. The molecule has 0 saturated carbocycles. The summed E-state index contributed by atoms with van der Waals surface area (Å²) < 4.78 is 68.6. The number of carbonyl (C=O) groups excluding carboxylic acids is 4. The fourth-order valence-corrected chi connectivity index (χ4v) is 12.6. The summed E-state index contributed by atoms with van der Waals surface area (Å²) in [4.78, 5) is 73.0. The van der Waals surface area contributed by atoms with Crippen LogP contribution < -0.4 is 0 Å². The first-order valence-corrected chi connectivity index (χ1v) is 43.8. The molecule has 19 heteroatoms. The molecule has 0 amide bonds. The van der Waals surface area contributed by atoms with Crippen molar-refractivity contribution >= 4 is 39.5 Å². The zero-order valence-corrected chi connectivity index (χ0v) is 66.6. The van der Waals surface area contributed by atoms with Crippen LogP contribution in [0, 0.1) is 0 Å². The van der Waals surface area contributed by atoms with E-state index >= 15 is 0 Å². The highest BCUT2D eigenvalue weighted by Gasteiger charge is 2.30. The van der Waals surface area contributed by atoms with E-state index in [1.54, 1.807) is 0 Å². The first-order chi connectivity index (χ1) is 49.7. The van der Waals surface area contributed by atoms with Gasteiger partial charge in [-0.3, -0.25) is 37.3 Å². The third kappa shape index (κ3) is 74.5. The number of ether oxygens (including phenoxy) is 4. The lowest BCUT2D eigenvalue weighted by Crippen LogP contribution is -2.30. The molecule has 0 aliphatic carbocycles. The molecule has 5 atom stereocenters. The number of esters is 4. The second-order valence-corrected chi connectivity index (χ2v) is 30.3. The van der Waals surface area contributed by atoms with Gasteiger partial charge in [0.15, 0.2) is 12.2 Å². The Morgan fingerprint density at radius 2 is 0.490 bits per heavy atom. The van der Waals surface area contributed by atoms with Crippen LogP contribution in [0.15, 0.2) is 85.1 Å². The molecule has 2 unspecified atom stereocenters. The molecule has 0 spiro atoms. The Kier molecular flexibility index (Phi) is 72.7. The molecule has 0 bridgehead atoms. The predicted molar refractivity (Wildman–Crippen MR) is 418 cm³/mol. The molecule has 17 nitrogen and oxygen atoms in total. The maximum Gasteiger partial charge on any atom is 0.472 e. The summed E-state index contributed by atoms with van der Waals surface area (Å²) in [7, 11) is -9.97. The highest BCUT2D eigenvalue weighted by Crippen LogP contribution is 2.45. The summed E-state index contributed by atoms with van der Waals surface area (Å²) in [6.07, 6.45) is 78.5. The van der Waals surface area contributed by atoms with E-state index in [1.807, 2.05) is 12.2 Å². The van der Waals surface area contributed by atoms with Crippen LogP contribution in [0.4, 0.5) is 0 Å². The monoisotopic (exact) mass is 1480 g/mol. The Hall–Kier alpha value is -3.76. The number of unbranched alkanes of at least 4 members (excludes halogenated alkanes) is 37. The minimum absolute atomic E-state index is 0.0747. The van der Waals surface area contributed by atoms with E-state index in [9.17, 15) is 43.2 Å². The van der Waals surface area contributed by atoms with Crippen molar-refractivity contribution in [3.8, 4) is 0 Å². The summed E-state index contributed by atoms with van der Waals surface area (Å²) in [5.41, 5.74) is 0. The average Bonchev–Trinajstić information content (AvgIpc) is 0.923. The van der Waals surface area contributed by atoms with Gasteiger partial charge in [0.25, 0.3) is 0 Å². The van der Waals surface area contributed by atoms with Crippen LogP contribution in [0.25, 0.3) is 0 Å². The van der Waals surface area contributed by atoms with Gasteiger partial charge in [-0.15, -0.1) is 0 Å². The average molecular weight is 1480 g/mol. The topological polar surface area (TPSA) is 237 Å². The Labute approximate surface area is 621 Å². The Balaban J connectivity index is 5.41. The molecule has 0 aliphatic heterocycles. The van der Waals surface area contributed by atoms with Crippen LogP contribution in [0.5, 0.6) is 0 Å². The van der Waals surface area contributed by atoms with Crippen molar-refractivity contribution in [2.24, 2.45) is 0 Å². The van der Waals surface area contributed by atoms with Crippen LogP contribution in [-0.4, -0.2) is 96.7 Å². The van der Waals surface area contributed by atoms with E-state index in [0.717, 1.165) is 141 Å². The van der Waals surface area contributed by atoms with Crippen molar-refractivity contribution in [2.75, 3.05) is 39.6 Å². The van der Waals surface area contributed by atoms with Gasteiger partial charge in [-0.05, 0) is 141 Å². The molecular weight excluding hydrogens is 1330 g/mol. The van der Waals surface area contributed by atoms with Crippen LogP contribution in [0.1, 0.15) is 362 Å². The van der Waals surface area contributed by atoms with Crippen molar-refractivity contribution in [3.63, 3.8) is 0 Å². The third-order valence-corrected chi connectivity index (χ3v) is 19.2. The number of hydrogen-bond acceptors (Lipinski definition) is 15. The van der Waals surface area contributed by atoms with Gasteiger partial charge in [0.2, 0.25) is 0 Å². The molecule has 0 fully saturated rings. The van der Waals surface area contributed by atoms with Gasteiger partial charge in [0.1, 0.15) is 19.3 Å². The Morgan fingerprint density at radius 3 is 0.804 bits per heavy atom. The van der Waals surface area contributed by atoms with Crippen molar-refractivity contribution in [1.82, 2.24) is 0 Å². The SMILES string of the molecule is CCCCC/C=C\C/C=C\C/C=C\C/C=C\CCCC(=O)OC[C@H](COP(=O)(O)OC[C@H](O)COP(=O)(O)OC[C@@H](COC(=O)CCCCCCC/C=C\CCCCCCCC)OC(=O)CCCCCCC/C=C\CCCCCCCC)OC(=O)CCCCCCC/C=C\CCCCCCCC. The summed E-state index contributed by atoms with van der Waals surface area (Å²) in [6, 6.07) is 0. The van der Waals surface area contributed by atoms with Crippen molar-refractivity contribution in [2.45, 2.75) is 380 Å². The number of hydrogen-bond donors (Lipinski definition) is 3. The van der Waals surface area contributed by atoms with Crippen molar-refractivity contribution in [1.29, 1.82) is 0 Å². The Morgan fingerprint density at radius 1 is 0.275 bits per heavy atom. The van der Waals surface area contributed by atoms with E-state index in [0.29, 0.717) is 32.1 Å². The molecule has 0 radical (unpaired) electrons. The van der Waals surface area contributed by atoms with E-state index in [-0.39, 0.29) is 25.7 Å². The lowest BCUT2D eigenvalue weighted by atomic mass is 10.1. The molecule has 592 valence electrons. The lowest BCUT2D eigenvalue weighted by molar-refractivity contribution is -0.161. The fraction of sp³-hybridized carbons (Fsp3) is 0.783. The Bertz CT molecular complexity index is 2260. The first kappa shape index (κ1) is 98.2. The molecule has 0 heterocycles. The van der Waals surface area contributed by atoms with Crippen LogP contribution in [0.3, 0.4) is 0 Å². The molecule has 0 rings (SSSR count).